The minimum Gasteiger partial charge on any atom is -0.488 e. The van der Waals surface area contributed by atoms with Gasteiger partial charge in [-0.1, -0.05) is 48.5 Å². The number of ether oxygens (including phenoxy) is 1. The number of furan rings is 1. The van der Waals surface area contributed by atoms with Crippen LogP contribution in [0.5, 0.6) is 5.75 Å². The van der Waals surface area contributed by atoms with Crippen molar-refractivity contribution in [2.45, 2.75) is 0 Å². The Morgan fingerprint density at radius 3 is 2.56 bits per heavy atom. The van der Waals surface area contributed by atoms with E-state index in [1.54, 1.807) is 10.7 Å². The number of carbonyl (C=O) groups is 1. The first-order valence-corrected chi connectivity index (χ1v) is 10.4. The van der Waals surface area contributed by atoms with Crippen molar-refractivity contribution >= 4 is 22.8 Å². The average Bonchev–Trinajstić information content (AvgIpc) is 3.46. The van der Waals surface area contributed by atoms with E-state index in [2.05, 4.69) is 0 Å². The monoisotopic (exact) mass is 418 g/mol. The van der Waals surface area contributed by atoms with Crippen LogP contribution in [0.25, 0.3) is 34.2 Å². The summed E-state index contributed by atoms with van der Waals surface area (Å²) in [6.07, 6.45) is 3.77. The van der Waals surface area contributed by atoms with Crippen molar-refractivity contribution in [3.63, 3.8) is 0 Å². The summed E-state index contributed by atoms with van der Waals surface area (Å²) in [7, 11) is 0. The number of para-hydroxylation sites is 3. The highest BCUT2D eigenvalue weighted by Gasteiger charge is 2.24. The van der Waals surface area contributed by atoms with Gasteiger partial charge in [-0.05, 0) is 42.5 Å². The minimum atomic E-state index is -0.0325. The Hall–Kier alpha value is -4.38. The van der Waals surface area contributed by atoms with Crippen molar-refractivity contribution in [3.05, 3.63) is 108 Å². The van der Waals surface area contributed by atoms with Crippen LogP contribution in [0.4, 0.5) is 0 Å². The summed E-state index contributed by atoms with van der Waals surface area (Å²) in [5.74, 6) is 1.24. The summed E-state index contributed by atoms with van der Waals surface area (Å²) < 4.78 is 13.7. The van der Waals surface area contributed by atoms with Gasteiger partial charge in [-0.3, -0.25) is 4.79 Å². The normalized spacial score (nSPS) is 14.5. The highest BCUT2D eigenvalue weighted by atomic mass is 16.5. The van der Waals surface area contributed by atoms with Crippen LogP contribution in [0.3, 0.4) is 0 Å². The number of hydrogen-bond donors (Lipinski definition) is 0. The van der Waals surface area contributed by atoms with Gasteiger partial charge < -0.3 is 9.15 Å². The quantitative estimate of drug-likeness (QED) is 0.340. The van der Waals surface area contributed by atoms with E-state index in [1.165, 1.54) is 0 Å². The summed E-state index contributed by atoms with van der Waals surface area (Å²) in [6, 6.07) is 27.0. The molecule has 0 bridgehead atoms. The fourth-order valence-electron chi connectivity index (χ4n) is 3.97. The third-order valence-electron chi connectivity index (χ3n) is 5.56. The number of aromatic nitrogens is 2. The molecular formula is C27H18N2O3. The molecule has 2 aromatic heterocycles. The second-order valence-electron chi connectivity index (χ2n) is 7.65. The summed E-state index contributed by atoms with van der Waals surface area (Å²) in [6.45, 7) is 0.214. The molecule has 0 radical (unpaired) electrons. The molecule has 5 nitrogen and oxygen atoms in total. The lowest BCUT2D eigenvalue weighted by atomic mass is 9.98. The van der Waals surface area contributed by atoms with Gasteiger partial charge in [0.25, 0.3) is 0 Å². The molecule has 3 aromatic carbocycles. The second-order valence-corrected chi connectivity index (χ2v) is 7.65. The number of benzene rings is 3. The first-order chi connectivity index (χ1) is 15.8. The Morgan fingerprint density at radius 2 is 1.69 bits per heavy atom. The Morgan fingerprint density at radius 1 is 0.906 bits per heavy atom. The van der Waals surface area contributed by atoms with E-state index < -0.39 is 0 Å². The molecule has 5 heteroatoms. The number of fused-ring (bicyclic) bond motifs is 2. The van der Waals surface area contributed by atoms with Crippen molar-refractivity contribution in [1.82, 2.24) is 9.78 Å². The fraction of sp³-hybridized carbons (Fsp3) is 0.0370. The van der Waals surface area contributed by atoms with Crippen LogP contribution in [-0.4, -0.2) is 22.2 Å². The second kappa shape index (κ2) is 7.39. The van der Waals surface area contributed by atoms with E-state index in [4.69, 9.17) is 14.3 Å². The molecule has 0 atom stereocenters. The predicted molar refractivity (Wildman–Crippen MR) is 123 cm³/mol. The van der Waals surface area contributed by atoms with Crippen LogP contribution < -0.4 is 4.74 Å². The molecule has 0 unspecified atom stereocenters. The molecule has 154 valence electrons. The van der Waals surface area contributed by atoms with Crippen molar-refractivity contribution in [1.29, 1.82) is 0 Å². The lowest BCUT2D eigenvalue weighted by Crippen LogP contribution is -2.18. The molecule has 0 fully saturated rings. The number of Topliss-reactive ketones (excluding diaryl/α,β-unsaturated/α-hetero) is 1. The number of carbonyl (C=O) groups excluding carboxylic acids is 1. The van der Waals surface area contributed by atoms with E-state index in [1.807, 2.05) is 91.1 Å². The molecule has 1 aliphatic heterocycles. The van der Waals surface area contributed by atoms with E-state index in [0.717, 1.165) is 22.2 Å². The van der Waals surface area contributed by atoms with Crippen molar-refractivity contribution in [3.8, 4) is 22.9 Å². The molecule has 1 aliphatic rings. The molecule has 0 amide bonds. The molecule has 0 N–H and O–H groups in total. The topological polar surface area (TPSA) is 57.3 Å². The van der Waals surface area contributed by atoms with E-state index in [0.29, 0.717) is 28.3 Å². The first-order valence-electron chi connectivity index (χ1n) is 10.4. The van der Waals surface area contributed by atoms with Crippen LogP contribution >= 0.6 is 0 Å². The molecule has 3 heterocycles. The summed E-state index contributed by atoms with van der Waals surface area (Å²) >= 11 is 0. The van der Waals surface area contributed by atoms with Gasteiger partial charge in [0.1, 0.15) is 23.6 Å². The van der Waals surface area contributed by atoms with Gasteiger partial charge in [-0.2, -0.15) is 5.10 Å². The Bertz CT molecular complexity index is 1460. The molecule has 5 aromatic rings. The fourth-order valence-corrected chi connectivity index (χ4v) is 3.97. The van der Waals surface area contributed by atoms with Gasteiger partial charge in [0.15, 0.2) is 11.5 Å². The maximum atomic E-state index is 13.1. The first kappa shape index (κ1) is 18.4. The lowest BCUT2D eigenvalue weighted by molar-refractivity contribution is 0.100. The van der Waals surface area contributed by atoms with Gasteiger partial charge in [-0.25, -0.2) is 4.68 Å². The summed E-state index contributed by atoms with van der Waals surface area (Å²) in [5, 5.41) is 5.81. The predicted octanol–water partition coefficient (Wildman–Crippen LogP) is 5.94. The number of rotatable bonds is 3. The van der Waals surface area contributed by atoms with Gasteiger partial charge in [0, 0.05) is 22.7 Å². The molecule has 0 aliphatic carbocycles. The Labute approximate surface area is 184 Å². The van der Waals surface area contributed by atoms with E-state index >= 15 is 0 Å². The lowest BCUT2D eigenvalue weighted by Gasteiger charge is -2.18. The van der Waals surface area contributed by atoms with E-state index in [9.17, 15) is 4.79 Å². The van der Waals surface area contributed by atoms with Crippen molar-refractivity contribution in [2.75, 3.05) is 6.61 Å². The SMILES string of the molecule is O=C1C(=Cc2cn(-c3ccccc3)nc2-c2cc3ccccc3o2)COc2ccccc21. The number of nitrogens with zero attached hydrogens (tertiary/aromatic N) is 2. The number of ketones is 1. The zero-order valence-corrected chi connectivity index (χ0v) is 17.1. The van der Waals surface area contributed by atoms with E-state index in [-0.39, 0.29) is 12.4 Å². The smallest absolute Gasteiger partial charge is 0.196 e. The molecule has 0 saturated heterocycles. The van der Waals surface area contributed by atoms with Gasteiger partial charge in [0.2, 0.25) is 0 Å². The highest BCUT2D eigenvalue weighted by Crippen LogP contribution is 2.33. The van der Waals surface area contributed by atoms with Crippen molar-refractivity contribution in [2.24, 2.45) is 0 Å². The summed E-state index contributed by atoms with van der Waals surface area (Å²) in [5.41, 5.74) is 4.33. The standard InChI is InChI=1S/C27H18N2O3/c30-27-20(17-31-24-13-7-5-11-22(24)27)14-19-16-29(21-9-2-1-3-10-21)28-26(19)25-15-18-8-4-6-12-23(18)32-25/h1-16H,17H2. The van der Waals surface area contributed by atoms with Gasteiger partial charge in [-0.15, -0.1) is 0 Å². The maximum absolute atomic E-state index is 13.1. The van der Waals surface area contributed by atoms with Gasteiger partial charge >= 0.3 is 0 Å². The van der Waals surface area contributed by atoms with Gasteiger partial charge in [0.05, 0.1) is 11.3 Å². The molecular weight excluding hydrogens is 400 g/mol. The molecule has 0 spiro atoms. The van der Waals surface area contributed by atoms with Crippen LogP contribution in [-0.2, 0) is 0 Å². The Kier molecular flexibility index (Phi) is 4.25. The zero-order chi connectivity index (χ0) is 21.5. The Balaban J connectivity index is 1.50. The average molecular weight is 418 g/mol. The summed E-state index contributed by atoms with van der Waals surface area (Å²) in [4.78, 5) is 13.1. The third-order valence-corrected chi connectivity index (χ3v) is 5.56. The van der Waals surface area contributed by atoms with Crippen LogP contribution in [0.1, 0.15) is 15.9 Å². The zero-order valence-electron chi connectivity index (χ0n) is 17.1. The third kappa shape index (κ3) is 3.11. The number of hydrogen-bond acceptors (Lipinski definition) is 4. The molecule has 0 saturated carbocycles. The maximum Gasteiger partial charge on any atom is 0.196 e. The van der Waals surface area contributed by atoms with Crippen LogP contribution in [0.15, 0.2) is 101 Å². The largest absolute Gasteiger partial charge is 0.488 e. The minimum absolute atomic E-state index is 0.0325. The molecule has 6 rings (SSSR count). The highest BCUT2D eigenvalue weighted by molar-refractivity contribution is 6.14. The van der Waals surface area contributed by atoms with Crippen molar-refractivity contribution < 1.29 is 13.9 Å². The van der Waals surface area contributed by atoms with Crippen LogP contribution in [0, 0.1) is 0 Å². The molecule has 32 heavy (non-hydrogen) atoms. The van der Waals surface area contributed by atoms with Crippen LogP contribution in [0.2, 0.25) is 0 Å².